The van der Waals surface area contributed by atoms with Crippen molar-refractivity contribution in [3.63, 3.8) is 0 Å². The van der Waals surface area contributed by atoms with E-state index in [9.17, 15) is 19.3 Å². The second kappa shape index (κ2) is 7.71. The molecule has 1 fully saturated rings. The number of nitro benzene ring substituents is 1. The van der Waals surface area contributed by atoms with E-state index in [-0.39, 0.29) is 16.8 Å². The Morgan fingerprint density at radius 2 is 1.85 bits per heavy atom. The van der Waals surface area contributed by atoms with E-state index >= 15 is 0 Å². The second-order valence-electron chi connectivity index (χ2n) is 6.44. The number of likely N-dealkylation sites (N-methyl/N-ethyl adjacent to an activating group) is 1. The van der Waals surface area contributed by atoms with Crippen LogP contribution in [0.5, 0.6) is 0 Å². The number of piperazine rings is 1. The monoisotopic (exact) mass is 373 g/mol. The molecule has 1 aliphatic heterocycles. The molecule has 8 heteroatoms. The van der Waals surface area contributed by atoms with Gasteiger partial charge in [-0.05, 0) is 30.8 Å². The molecule has 0 atom stereocenters. The molecule has 0 aromatic heterocycles. The van der Waals surface area contributed by atoms with Gasteiger partial charge in [-0.2, -0.15) is 0 Å². The number of hydrogen-bond acceptors (Lipinski definition) is 6. The minimum Gasteiger partial charge on any atom is -0.465 e. The molecule has 0 N–H and O–H groups in total. The van der Waals surface area contributed by atoms with Crippen LogP contribution in [0.25, 0.3) is 11.1 Å². The molecule has 0 radical (unpaired) electrons. The Morgan fingerprint density at radius 1 is 1.15 bits per heavy atom. The van der Waals surface area contributed by atoms with Crippen LogP contribution >= 0.6 is 0 Å². The number of hydrogen-bond donors (Lipinski definition) is 0. The number of benzene rings is 2. The fourth-order valence-corrected chi connectivity index (χ4v) is 3.15. The molecule has 27 heavy (non-hydrogen) atoms. The molecule has 0 unspecified atom stereocenters. The lowest BCUT2D eigenvalue weighted by atomic mass is 10.0. The highest BCUT2D eigenvalue weighted by Crippen LogP contribution is 2.34. The normalized spacial score (nSPS) is 14.9. The minimum atomic E-state index is -0.642. The van der Waals surface area contributed by atoms with Crippen LogP contribution in [-0.2, 0) is 4.74 Å². The molecule has 142 valence electrons. The number of halogens is 1. The number of esters is 1. The molecule has 0 bridgehead atoms. The van der Waals surface area contributed by atoms with Gasteiger partial charge in [0.2, 0.25) is 0 Å². The summed E-state index contributed by atoms with van der Waals surface area (Å²) in [6.07, 6.45) is 0. The van der Waals surface area contributed by atoms with Crippen LogP contribution < -0.4 is 4.90 Å². The van der Waals surface area contributed by atoms with Gasteiger partial charge < -0.3 is 14.5 Å². The Hall–Kier alpha value is -3.00. The second-order valence-corrected chi connectivity index (χ2v) is 6.44. The summed E-state index contributed by atoms with van der Waals surface area (Å²) < 4.78 is 19.0. The van der Waals surface area contributed by atoms with Crippen LogP contribution in [0.4, 0.5) is 15.8 Å². The zero-order valence-electron chi connectivity index (χ0n) is 15.1. The van der Waals surface area contributed by atoms with Crippen LogP contribution in [0.3, 0.4) is 0 Å². The molecule has 2 aromatic rings. The van der Waals surface area contributed by atoms with Crippen LogP contribution in [0.2, 0.25) is 0 Å². The predicted octanol–water partition coefficient (Wildman–Crippen LogP) is 2.94. The third kappa shape index (κ3) is 3.90. The van der Waals surface area contributed by atoms with E-state index in [1.54, 1.807) is 12.1 Å². The van der Waals surface area contributed by atoms with E-state index in [1.807, 2.05) is 11.9 Å². The number of ether oxygens (including phenoxy) is 1. The highest BCUT2D eigenvalue weighted by Gasteiger charge is 2.24. The summed E-state index contributed by atoms with van der Waals surface area (Å²) >= 11 is 0. The van der Waals surface area contributed by atoms with Crippen molar-refractivity contribution in [3.05, 3.63) is 57.9 Å². The van der Waals surface area contributed by atoms with E-state index in [0.717, 1.165) is 19.2 Å². The zero-order valence-corrected chi connectivity index (χ0v) is 15.1. The largest absolute Gasteiger partial charge is 0.465 e. The van der Waals surface area contributed by atoms with Gasteiger partial charge in [-0.3, -0.25) is 10.1 Å². The maximum atomic E-state index is 14.5. The summed E-state index contributed by atoms with van der Waals surface area (Å²) in [5.74, 6) is -1.28. The Bertz CT molecular complexity index is 879. The lowest BCUT2D eigenvalue weighted by Crippen LogP contribution is -2.44. The molecule has 0 amide bonds. The summed E-state index contributed by atoms with van der Waals surface area (Å²) in [7, 11) is 3.23. The Balaban J connectivity index is 1.97. The molecule has 1 saturated heterocycles. The lowest BCUT2D eigenvalue weighted by molar-refractivity contribution is -0.384. The van der Waals surface area contributed by atoms with E-state index in [2.05, 4.69) is 9.64 Å². The molecule has 3 rings (SSSR count). The number of carbonyl (C=O) groups is 1. The van der Waals surface area contributed by atoms with Gasteiger partial charge >= 0.3 is 5.97 Å². The number of carbonyl (C=O) groups excluding carboxylic acids is 1. The van der Waals surface area contributed by atoms with Gasteiger partial charge in [0.05, 0.1) is 17.6 Å². The summed E-state index contributed by atoms with van der Waals surface area (Å²) in [6, 6.07) is 8.63. The van der Waals surface area contributed by atoms with Crippen molar-refractivity contribution in [1.82, 2.24) is 4.90 Å². The average molecular weight is 373 g/mol. The predicted molar refractivity (Wildman–Crippen MR) is 99.5 cm³/mol. The summed E-state index contributed by atoms with van der Waals surface area (Å²) in [4.78, 5) is 26.8. The summed E-state index contributed by atoms with van der Waals surface area (Å²) in [6.45, 7) is 3.03. The van der Waals surface area contributed by atoms with Gasteiger partial charge in [0.15, 0.2) is 0 Å². The first kappa shape index (κ1) is 18.8. The van der Waals surface area contributed by atoms with E-state index in [4.69, 9.17) is 0 Å². The van der Waals surface area contributed by atoms with Crippen molar-refractivity contribution < 1.29 is 18.8 Å². The first-order chi connectivity index (χ1) is 12.9. The first-order valence-corrected chi connectivity index (χ1v) is 8.51. The maximum absolute atomic E-state index is 14.5. The molecule has 7 nitrogen and oxygen atoms in total. The van der Waals surface area contributed by atoms with Gasteiger partial charge in [-0.15, -0.1) is 0 Å². The van der Waals surface area contributed by atoms with Crippen LogP contribution in [-0.4, -0.2) is 56.1 Å². The topological polar surface area (TPSA) is 75.9 Å². The third-order valence-electron chi connectivity index (χ3n) is 4.72. The van der Waals surface area contributed by atoms with Crippen LogP contribution in [0.1, 0.15) is 10.4 Å². The molecule has 2 aromatic carbocycles. The highest BCUT2D eigenvalue weighted by atomic mass is 19.1. The molecule has 0 spiro atoms. The van der Waals surface area contributed by atoms with Crippen LogP contribution in [0, 0.1) is 15.9 Å². The van der Waals surface area contributed by atoms with E-state index < -0.39 is 16.7 Å². The minimum absolute atomic E-state index is 0.0616. The third-order valence-corrected chi connectivity index (χ3v) is 4.72. The van der Waals surface area contributed by atoms with E-state index in [0.29, 0.717) is 24.3 Å². The lowest BCUT2D eigenvalue weighted by Gasteiger charge is -2.33. The maximum Gasteiger partial charge on any atom is 0.337 e. The average Bonchev–Trinajstić information content (AvgIpc) is 2.67. The highest BCUT2D eigenvalue weighted by molar-refractivity contribution is 5.90. The van der Waals surface area contributed by atoms with Gasteiger partial charge in [-0.1, -0.05) is 12.1 Å². The van der Waals surface area contributed by atoms with E-state index in [1.165, 1.54) is 25.3 Å². The Labute approximate surface area is 156 Å². The standard InChI is InChI=1S/C19H20FN3O4/c1-21-7-9-22(10-8-21)17-6-4-13(12-18(17)23(25)26)15-5-3-14(11-16(15)20)19(24)27-2/h3-6,11-12H,7-10H2,1-2H3. The molecular formula is C19H20FN3O4. The quantitative estimate of drug-likeness (QED) is 0.466. The molecule has 0 aliphatic carbocycles. The van der Waals surface area contributed by atoms with Crippen molar-refractivity contribution in [1.29, 1.82) is 0 Å². The van der Waals surface area contributed by atoms with Crippen molar-refractivity contribution >= 4 is 17.3 Å². The number of rotatable bonds is 4. The van der Waals surface area contributed by atoms with Gasteiger partial charge in [0.1, 0.15) is 11.5 Å². The fraction of sp³-hybridized carbons (Fsp3) is 0.316. The smallest absolute Gasteiger partial charge is 0.337 e. The fourth-order valence-electron chi connectivity index (χ4n) is 3.15. The Morgan fingerprint density at radius 3 is 2.44 bits per heavy atom. The summed E-state index contributed by atoms with van der Waals surface area (Å²) in [5.41, 5.74) is 1.13. The zero-order chi connectivity index (χ0) is 19.6. The molecule has 1 heterocycles. The molecule has 1 aliphatic rings. The van der Waals surface area contributed by atoms with Crippen molar-refractivity contribution in [3.8, 4) is 11.1 Å². The SMILES string of the molecule is COC(=O)c1ccc(-c2ccc(N3CCN(C)CC3)c([N+](=O)[O-])c2)c(F)c1. The summed E-state index contributed by atoms with van der Waals surface area (Å²) in [5, 5.41) is 11.6. The van der Waals surface area contributed by atoms with Gasteiger partial charge in [0.25, 0.3) is 5.69 Å². The van der Waals surface area contributed by atoms with Gasteiger partial charge in [-0.25, -0.2) is 9.18 Å². The number of anilines is 1. The number of methoxy groups -OCH3 is 1. The molecule has 0 saturated carbocycles. The van der Waals surface area contributed by atoms with Crippen LogP contribution in [0.15, 0.2) is 36.4 Å². The van der Waals surface area contributed by atoms with Gasteiger partial charge in [0, 0.05) is 37.8 Å². The van der Waals surface area contributed by atoms with Crippen molar-refractivity contribution in [2.75, 3.05) is 45.2 Å². The molecular weight excluding hydrogens is 353 g/mol. The first-order valence-electron chi connectivity index (χ1n) is 8.51. The number of nitro groups is 1. The Kier molecular flexibility index (Phi) is 5.36. The van der Waals surface area contributed by atoms with Crippen molar-refractivity contribution in [2.24, 2.45) is 0 Å². The number of nitrogens with zero attached hydrogens (tertiary/aromatic N) is 3. The van der Waals surface area contributed by atoms with Crippen molar-refractivity contribution in [2.45, 2.75) is 0 Å².